The molecule has 9 heteroatoms. The van der Waals surface area contributed by atoms with Gasteiger partial charge in [0.1, 0.15) is 0 Å². The lowest BCUT2D eigenvalue weighted by atomic mass is 10.2. The van der Waals surface area contributed by atoms with E-state index in [1.807, 2.05) is 17.6 Å². The van der Waals surface area contributed by atoms with Gasteiger partial charge < -0.3 is 18.6 Å². The highest BCUT2D eigenvalue weighted by Gasteiger charge is 2.14. The minimum absolute atomic E-state index is 0.0802. The smallest absolute Gasteiger partial charge is 0.337 e. The van der Waals surface area contributed by atoms with Gasteiger partial charge in [-0.3, -0.25) is 4.79 Å². The van der Waals surface area contributed by atoms with Crippen LogP contribution in [-0.2, 0) is 16.0 Å². The van der Waals surface area contributed by atoms with Crippen molar-refractivity contribution in [2.24, 2.45) is 4.99 Å². The lowest BCUT2D eigenvalue weighted by molar-refractivity contribution is 0.0600. The number of carbonyl (C=O) groups excluding carboxylic acids is 2. The third kappa shape index (κ3) is 4.15. The van der Waals surface area contributed by atoms with Crippen LogP contribution < -0.4 is 4.80 Å². The minimum atomic E-state index is -0.513. The van der Waals surface area contributed by atoms with Crippen LogP contribution in [0.2, 0.25) is 0 Å². The Kier molecular flexibility index (Phi) is 5.82. The van der Waals surface area contributed by atoms with Crippen molar-refractivity contribution >= 4 is 33.4 Å². The molecule has 27 heavy (non-hydrogen) atoms. The van der Waals surface area contributed by atoms with Crippen LogP contribution in [0.4, 0.5) is 0 Å². The molecule has 3 rings (SSSR count). The summed E-state index contributed by atoms with van der Waals surface area (Å²) in [6.07, 6.45) is 0. The molecule has 0 aliphatic carbocycles. The number of amides is 1. The normalized spacial score (nSPS) is 11.9. The molecule has 0 aliphatic rings. The van der Waals surface area contributed by atoms with Gasteiger partial charge in [-0.15, -0.1) is 0 Å². The van der Waals surface area contributed by atoms with Crippen LogP contribution in [0.1, 0.15) is 33.5 Å². The van der Waals surface area contributed by atoms with Gasteiger partial charge in [-0.05, 0) is 32.0 Å². The highest BCUT2D eigenvalue weighted by atomic mass is 32.1. The van der Waals surface area contributed by atoms with Gasteiger partial charge in [0.15, 0.2) is 4.80 Å². The Hall–Kier alpha value is -2.78. The number of fused-ring (bicyclic) bond motifs is 1. The average Bonchev–Trinajstić information content (AvgIpc) is 3.24. The first-order valence-electron chi connectivity index (χ1n) is 8.35. The number of benzene rings is 1. The molecule has 0 saturated heterocycles. The summed E-state index contributed by atoms with van der Waals surface area (Å²) < 4.78 is 17.9. The maximum atomic E-state index is 12.4. The first-order valence-corrected chi connectivity index (χ1v) is 9.17. The fourth-order valence-electron chi connectivity index (χ4n) is 2.53. The van der Waals surface area contributed by atoms with Crippen LogP contribution in [0.3, 0.4) is 0 Å². The summed E-state index contributed by atoms with van der Waals surface area (Å²) in [4.78, 5) is 28.9. The second kappa shape index (κ2) is 8.28. The molecule has 0 radical (unpaired) electrons. The number of thiazole rings is 1. The number of carbonyl (C=O) groups is 2. The lowest BCUT2D eigenvalue weighted by Crippen LogP contribution is -2.19. The largest absolute Gasteiger partial charge is 0.465 e. The van der Waals surface area contributed by atoms with Crippen molar-refractivity contribution in [3.63, 3.8) is 0 Å². The van der Waals surface area contributed by atoms with E-state index >= 15 is 0 Å². The van der Waals surface area contributed by atoms with Gasteiger partial charge in [0.05, 0.1) is 35.2 Å². The molecule has 3 aromatic rings. The topological polar surface area (TPSA) is 95.9 Å². The van der Waals surface area contributed by atoms with E-state index in [1.165, 1.54) is 18.4 Å². The first-order chi connectivity index (χ1) is 13.0. The van der Waals surface area contributed by atoms with Crippen LogP contribution in [0.15, 0.2) is 33.8 Å². The summed E-state index contributed by atoms with van der Waals surface area (Å²) in [5.41, 5.74) is 1.90. The molecule has 0 aliphatic heterocycles. The SMILES string of the molecule is CCOCCn1c(=NC(=O)c2cc(C)no2)sc2cc(C(=O)OC)ccc21. The van der Waals surface area contributed by atoms with E-state index < -0.39 is 11.9 Å². The quantitative estimate of drug-likeness (QED) is 0.475. The van der Waals surface area contributed by atoms with Crippen molar-refractivity contribution in [1.29, 1.82) is 0 Å². The van der Waals surface area contributed by atoms with Crippen molar-refractivity contribution in [2.45, 2.75) is 20.4 Å². The van der Waals surface area contributed by atoms with Crippen molar-refractivity contribution in [3.8, 4) is 0 Å². The van der Waals surface area contributed by atoms with E-state index in [4.69, 9.17) is 14.0 Å². The molecule has 0 saturated carbocycles. The van der Waals surface area contributed by atoms with Crippen LogP contribution >= 0.6 is 11.3 Å². The summed E-state index contributed by atoms with van der Waals surface area (Å²) in [5.74, 6) is -0.852. The van der Waals surface area contributed by atoms with E-state index in [1.54, 1.807) is 25.1 Å². The van der Waals surface area contributed by atoms with Crippen molar-refractivity contribution in [2.75, 3.05) is 20.3 Å². The fourth-order valence-corrected chi connectivity index (χ4v) is 3.62. The Morgan fingerprint density at radius 3 is 2.81 bits per heavy atom. The van der Waals surface area contributed by atoms with Crippen molar-refractivity contribution < 1.29 is 23.6 Å². The third-order valence-electron chi connectivity index (χ3n) is 3.80. The number of hydrogen-bond acceptors (Lipinski definition) is 7. The molecular formula is C18H19N3O5S. The van der Waals surface area contributed by atoms with Gasteiger partial charge in [-0.2, -0.15) is 4.99 Å². The highest BCUT2D eigenvalue weighted by molar-refractivity contribution is 7.16. The molecule has 0 spiro atoms. The van der Waals surface area contributed by atoms with E-state index in [0.29, 0.717) is 35.8 Å². The Bertz CT molecular complexity index is 1050. The van der Waals surface area contributed by atoms with E-state index in [9.17, 15) is 9.59 Å². The first kappa shape index (κ1) is 19.0. The predicted octanol–water partition coefficient (Wildman–Crippen LogP) is 2.56. The molecule has 2 aromatic heterocycles. The van der Waals surface area contributed by atoms with Crippen molar-refractivity contribution in [3.05, 3.63) is 46.1 Å². The average molecular weight is 389 g/mol. The predicted molar refractivity (Wildman–Crippen MR) is 98.8 cm³/mol. The molecule has 0 bridgehead atoms. The van der Waals surface area contributed by atoms with E-state index in [-0.39, 0.29) is 5.76 Å². The number of rotatable bonds is 6. The summed E-state index contributed by atoms with van der Waals surface area (Å²) in [7, 11) is 1.34. The number of nitrogens with zero attached hydrogens (tertiary/aromatic N) is 3. The summed E-state index contributed by atoms with van der Waals surface area (Å²) in [6, 6.07) is 6.76. The van der Waals surface area contributed by atoms with Gasteiger partial charge in [0.2, 0.25) is 5.76 Å². The number of aromatic nitrogens is 2. The standard InChI is InChI=1S/C18H19N3O5S/c1-4-25-8-7-21-13-6-5-12(17(23)24-3)10-15(13)27-18(21)19-16(22)14-9-11(2)20-26-14/h5-6,9-10H,4,7-8H2,1-3H3. The highest BCUT2D eigenvalue weighted by Crippen LogP contribution is 2.20. The molecule has 1 aromatic carbocycles. The number of esters is 1. The lowest BCUT2D eigenvalue weighted by Gasteiger charge is -2.05. The molecule has 0 fully saturated rings. The number of aryl methyl sites for hydroxylation is 1. The van der Waals surface area contributed by atoms with E-state index in [2.05, 4.69) is 10.1 Å². The summed E-state index contributed by atoms with van der Waals surface area (Å²) in [5, 5.41) is 3.71. The number of methoxy groups -OCH3 is 1. The van der Waals surface area contributed by atoms with E-state index in [0.717, 1.165) is 10.2 Å². The Morgan fingerprint density at radius 1 is 1.33 bits per heavy atom. The maximum Gasteiger partial charge on any atom is 0.337 e. The Balaban J connectivity index is 2.08. The molecule has 0 atom stereocenters. The third-order valence-corrected chi connectivity index (χ3v) is 4.84. The summed E-state index contributed by atoms with van der Waals surface area (Å²) >= 11 is 1.30. The van der Waals surface area contributed by atoms with Gasteiger partial charge in [0, 0.05) is 19.2 Å². The van der Waals surface area contributed by atoms with Gasteiger partial charge in [-0.25, -0.2) is 4.79 Å². The van der Waals surface area contributed by atoms with Crippen molar-refractivity contribution in [1.82, 2.24) is 9.72 Å². The Labute approximate surface area is 159 Å². The number of hydrogen-bond donors (Lipinski definition) is 0. The number of ether oxygens (including phenoxy) is 2. The molecule has 2 heterocycles. The van der Waals surface area contributed by atoms with Crippen LogP contribution in [0, 0.1) is 6.92 Å². The van der Waals surface area contributed by atoms with Gasteiger partial charge >= 0.3 is 11.9 Å². The molecule has 8 nitrogen and oxygen atoms in total. The maximum absolute atomic E-state index is 12.4. The minimum Gasteiger partial charge on any atom is -0.465 e. The molecule has 142 valence electrons. The monoisotopic (exact) mass is 389 g/mol. The zero-order valence-electron chi connectivity index (χ0n) is 15.2. The zero-order valence-corrected chi connectivity index (χ0v) is 16.0. The van der Waals surface area contributed by atoms with Gasteiger partial charge in [-0.1, -0.05) is 16.5 Å². The molecule has 1 amide bonds. The zero-order chi connectivity index (χ0) is 19.4. The van der Waals surface area contributed by atoms with Crippen LogP contribution in [-0.4, -0.2) is 41.9 Å². The fraction of sp³-hybridized carbons (Fsp3) is 0.333. The summed E-state index contributed by atoms with van der Waals surface area (Å²) in [6.45, 7) is 5.24. The van der Waals surface area contributed by atoms with Crippen LogP contribution in [0.5, 0.6) is 0 Å². The molecule has 0 N–H and O–H groups in total. The second-order valence-corrected chi connectivity index (χ2v) is 6.67. The second-order valence-electron chi connectivity index (χ2n) is 5.66. The Morgan fingerprint density at radius 2 is 2.15 bits per heavy atom. The van der Waals surface area contributed by atoms with Crippen LogP contribution in [0.25, 0.3) is 10.2 Å². The molecule has 0 unspecified atom stereocenters. The van der Waals surface area contributed by atoms with Gasteiger partial charge in [0.25, 0.3) is 0 Å². The molecular weight excluding hydrogens is 370 g/mol.